The molecule has 94 valence electrons. The summed E-state index contributed by atoms with van der Waals surface area (Å²) in [5.41, 5.74) is 6.49. The van der Waals surface area contributed by atoms with E-state index in [-0.39, 0.29) is 5.91 Å². The molecule has 0 spiro atoms. The van der Waals surface area contributed by atoms with Gasteiger partial charge in [0.15, 0.2) is 0 Å². The number of halogens is 1. The summed E-state index contributed by atoms with van der Waals surface area (Å²) in [5, 5.41) is 10.7. The molecule has 1 amide bonds. The largest absolute Gasteiger partial charge is 0.398 e. The van der Waals surface area contributed by atoms with Crippen LogP contribution in [0.3, 0.4) is 0 Å². The number of nitrogens with zero attached hydrogens (tertiary/aromatic N) is 3. The molecule has 6 nitrogen and oxygen atoms in total. The molecule has 0 radical (unpaired) electrons. The van der Waals surface area contributed by atoms with E-state index in [1.165, 1.54) is 0 Å². The molecule has 1 aromatic heterocycles. The number of rotatable bonds is 4. The summed E-state index contributed by atoms with van der Waals surface area (Å²) >= 11 is 5.76. The van der Waals surface area contributed by atoms with Crippen LogP contribution in [0.1, 0.15) is 10.4 Å². The minimum absolute atomic E-state index is 0.232. The van der Waals surface area contributed by atoms with Crippen molar-refractivity contribution in [3.8, 4) is 0 Å². The molecule has 1 heterocycles. The lowest BCUT2D eigenvalue weighted by molar-refractivity contribution is 0.0953. The summed E-state index contributed by atoms with van der Waals surface area (Å²) < 4.78 is 1.63. The Hall–Kier alpha value is -2.08. The Labute approximate surface area is 109 Å². The Morgan fingerprint density at radius 1 is 1.50 bits per heavy atom. The highest BCUT2D eigenvalue weighted by Crippen LogP contribution is 2.17. The van der Waals surface area contributed by atoms with Crippen molar-refractivity contribution in [1.29, 1.82) is 0 Å². The van der Waals surface area contributed by atoms with Crippen molar-refractivity contribution in [2.45, 2.75) is 6.54 Å². The van der Waals surface area contributed by atoms with Gasteiger partial charge in [-0.05, 0) is 18.2 Å². The van der Waals surface area contributed by atoms with Crippen molar-refractivity contribution < 1.29 is 4.79 Å². The Balaban J connectivity index is 1.91. The number of benzene rings is 1. The summed E-state index contributed by atoms with van der Waals surface area (Å²) in [6, 6.07) is 4.78. The lowest BCUT2D eigenvalue weighted by Gasteiger charge is -2.07. The SMILES string of the molecule is Nc1cc(Cl)ccc1C(=O)NCCn1ccnn1. The predicted octanol–water partition coefficient (Wildman–Crippen LogP) is 0.944. The molecule has 0 saturated carbocycles. The van der Waals surface area contributed by atoms with Gasteiger partial charge in [0.1, 0.15) is 0 Å². The number of carbonyl (C=O) groups is 1. The van der Waals surface area contributed by atoms with Crippen molar-refractivity contribution in [3.05, 3.63) is 41.2 Å². The van der Waals surface area contributed by atoms with Gasteiger partial charge in [0.25, 0.3) is 5.91 Å². The van der Waals surface area contributed by atoms with Gasteiger partial charge in [0.05, 0.1) is 18.3 Å². The fourth-order valence-corrected chi connectivity index (χ4v) is 1.65. The van der Waals surface area contributed by atoms with Gasteiger partial charge in [-0.25, -0.2) is 0 Å². The van der Waals surface area contributed by atoms with Crippen LogP contribution in [0.2, 0.25) is 5.02 Å². The maximum Gasteiger partial charge on any atom is 0.253 e. The number of carbonyl (C=O) groups excluding carboxylic acids is 1. The summed E-state index contributed by atoms with van der Waals surface area (Å²) in [6.45, 7) is 1.00. The van der Waals surface area contributed by atoms with E-state index in [0.29, 0.717) is 29.4 Å². The molecule has 3 N–H and O–H groups in total. The van der Waals surface area contributed by atoms with Crippen LogP contribution in [0.4, 0.5) is 5.69 Å². The number of nitrogens with one attached hydrogen (secondary N) is 1. The molecule has 0 aliphatic rings. The maximum absolute atomic E-state index is 11.8. The zero-order chi connectivity index (χ0) is 13.0. The van der Waals surface area contributed by atoms with Gasteiger partial charge in [-0.1, -0.05) is 16.8 Å². The molecular weight excluding hydrogens is 254 g/mol. The minimum atomic E-state index is -0.232. The number of nitrogen functional groups attached to an aromatic ring is 1. The summed E-state index contributed by atoms with van der Waals surface area (Å²) in [7, 11) is 0. The first-order chi connectivity index (χ1) is 8.66. The molecule has 7 heteroatoms. The van der Waals surface area contributed by atoms with Crippen LogP contribution >= 0.6 is 11.6 Å². The topological polar surface area (TPSA) is 85.8 Å². The Bertz CT molecular complexity index is 540. The molecule has 0 bridgehead atoms. The van der Waals surface area contributed by atoms with E-state index in [1.807, 2.05) is 0 Å². The lowest BCUT2D eigenvalue weighted by atomic mass is 10.1. The van der Waals surface area contributed by atoms with E-state index in [9.17, 15) is 4.79 Å². The van der Waals surface area contributed by atoms with Gasteiger partial charge in [-0.2, -0.15) is 0 Å². The number of anilines is 1. The van der Waals surface area contributed by atoms with Crippen molar-refractivity contribution in [1.82, 2.24) is 20.3 Å². The van der Waals surface area contributed by atoms with Crippen LogP contribution in [-0.2, 0) is 6.54 Å². The van der Waals surface area contributed by atoms with Crippen LogP contribution in [0.5, 0.6) is 0 Å². The molecule has 0 unspecified atom stereocenters. The molecule has 18 heavy (non-hydrogen) atoms. The van der Waals surface area contributed by atoms with Crippen LogP contribution < -0.4 is 11.1 Å². The molecule has 2 rings (SSSR count). The van der Waals surface area contributed by atoms with Gasteiger partial charge in [0.2, 0.25) is 0 Å². The standard InChI is InChI=1S/C11H12ClN5O/c12-8-1-2-9(10(13)7-8)11(18)14-3-5-17-6-4-15-16-17/h1-2,4,6-7H,3,5,13H2,(H,14,18). The minimum Gasteiger partial charge on any atom is -0.398 e. The van der Waals surface area contributed by atoms with Crippen LogP contribution in [0.15, 0.2) is 30.6 Å². The molecule has 2 aromatic rings. The molecule has 0 atom stereocenters. The zero-order valence-electron chi connectivity index (χ0n) is 9.51. The van der Waals surface area contributed by atoms with E-state index in [2.05, 4.69) is 15.6 Å². The van der Waals surface area contributed by atoms with E-state index < -0.39 is 0 Å². The van der Waals surface area contributed by atoms with E-state index in [0.717, 1.165) is 0 Å². The molecule has 0 aliphatic heterocycles. The molecular formula is C11H12ClN5O. The quantitative estimate of drug-likeness (QED) is 0.806. The van der Waals surface area contributed by atoms with E-state index in [1.54, 1.807) is 35.3 Å². The first kappa shape index (κ1) is 12.4. The van der Waals surface area contributed by atoms with Gasteiger partial charge >= 0.3 is 0 Å². The number of hydrogen-bond donors (Lipinski definition) is 2. The maximum atomic E-state index is 11.8. The molecule has 0 aliphatic carbocycles. The second-order valence-electron chi connectivity index (χ2n) is 3.65. The number of aromatic nitrogens is 3. The first-order valence-electron chi connectivity index (χ1n) is 5.34. The van der Waals surface area contributed by atoms with E-state index >= 15 is 0 Å². The molecule has 0 saturated heterocycles. The van der Waals surface area contributed by atoms with Crippen molar-refractivity contribution in [2.75, 3.05) is 12.3 Å². The Morgan fingerprint density at radius 3 is 3.00 bits per heavy atom. The number of amides is 1. The smallest absolute Gasteiger partial charge is 0.253 e. The molecule has 1 aromatic carbocycles. The Kier molecular flexibility index (Phi) is 3.78. The highest BCUT2D eigenvalue weighted by atomic mass is 35.5. The first-order valence-corrected chi connectivity index (χ1v) is 5.72. The van der Waals surface area contributed by atoms with Gasteiger partial charge in [-0.3, -0.25) is 9.48 Å². The third-order valence-corrected chi connectivity index (χ3v) is 2.59. The Morgan fingerprint density at radius 2 is 2.33 bits per heavy atom. The third kappa shape index (κ3) is 2.98. The summed E-state index contributed by atoms with van der Waals surface area (Å²) in [6.07, 6.45) is 3.31. The molecule has 0 fully saturated rings. The fourth-order valence-electron chi connectivity index (χ4n) is 1.47. The van der Waals surface area contributed by atoms with Crippen LogP contribution in [-0.4, -0.2) is 27.4 Å². The van der Waals surface area contributed by atoms with Gasteiger partial charge in [-0.15, -0.1) is 5.10 Å². The van der Waals surface area contributed by atoms with Crippen LogP contribution in [0.25, 0.3) is 0 Å². The van der Waals surface area contributed by atoms with Crippen molar-refractivity contribution in [2.24, 2.45) is 0 Å². The lowest BCUT2D eigenvalue weighted by Crippen LogP contribution is -2.28. The van der Waals surface area contributed by atoms with Gasteiger partial charge in [0, 0.05) is 23.5 Å². The third-order valence-electron chi connectivity index (χ3n) is 2.36. The van der Waals surface area contributed by atoms with Crippen molar-refractivity contribution in [3.63, 3.8) is 0 Å². The monoisotopic (exact) mass is 265 g/mol. The van der Waals surface area contributed by atoms with Gasteiger partial charge < -0.3 is 11.1 Å². The van der Waals surface area contributed by atoms with Crippen LogP contribution in [0, 0.1) is 0 Å². The number of hydrogen-bond acceptors (Lipinski definition) is 4. The predicted molar refractivity (Wildman–Crippen MR) is 68.2 cm³/mol. The second kappa shape index (κ2) is 5.50. The highest BCUT2D eigenvalue weighted by Gasteiger charge is 2.09. The second-order valence-corrected chi connectivity index (χ2v) is 4.09. The highest BCUT2D eigenvalue weighted by molar-refractivity contribution is 6.31. The average molecular weight is 266 g/mol. The fraction of sp³-hybridized carbons (Fsp3) is 0.182. The summed E-state index contributed by atoms with van der Waals surface area (Å²) in [4.78, 5) is 11.8. The van der Waals surface area contributed by atoms with E-state index in [4.69, 9.17) is 17.3 Å². The zero-order valence-corrected chi connectivity index (χ0v) is 10.3. The average Bonchev–Trinajstić information content (AvgIpc) is 2.81. The normalized spacial score (nSPS) is 10.3. The number of nitrogens with two attached hydrogens (primary N) is 1. The van der Waals surface area contributed by atoms with Crippen molar-refractivity contribution >= 4 is 23.2 Å². The summed E-state index contributed by atoms with van der Waals surface area (Å²) in [5.74, 6) is -0.232.